The fourth-order valence-corrected chi connectivity index (χ4v) is 3.58. The number of nitrogens with zero attached hydrogens (tertiary/aromatic N) is 2. The van der Waals surface area contributed by atoms with Crippen molar-refractivity contribution < 1.29 is 9.59 Å². The summed E-state index contributed by atoms with van der Waals surface area (Å²) in [5, 5.41) is 8.70. The number of para-hydroxylation sites is 1. The van der Waals surface area contributed by atoms with Crippen molar-refractivity contribution in [3.63, 3.8) is 0 Å². The normalized spacial score (nSPS) is 13.8. The van der Waals surface area contributed by atoms with Gasteiger partial charge in [-0.25, -0.2) is 5.01 Å². The molecule has 2 amide bonds. The lowest BCUT2D eigenvalue weighted by molar-refractivity contribution is -0.118. The van der Waals surface area contributed by atoms with Crippen LogP contribution in [0.25, 0.3) is 0 Å². The molecule has 3 aromatic rings. The number of carbonyl (C=O) groups excluding carboxylic acids is 2. The average molecular weight is 397 g/mol. The molecule has 0 atom stereocenters. The Balaban J connectivity index is 1.51. The molecule has 1 aliphatic heterocycles. The number of carbonyl (C=O) groups is 2. The van der Waals surface area contributed by atoms with Gasteiger partial charge in [0.25, 0.3) is 5.91 Å². The standard InChI is InChI=1S/C25H23N3O2/c29-24-17-16-23(27-28(24)21-14-8-3-9-15-21)25(30)26-18-22(19-10-4-1-5-11-19)20-12-6-2-7-13-20/h1-15,22H,16-18H2,(H,26,30). The molecule has 1 aliphatic rings. The van der Waals surface area contributed by atoms with E-state index in [0.29, 0.717) is 24.4 Å². The zero-order valence-corrected chi connectivity index (χ0v) is 16.6. The molecule has 5 heteroatoms. The van der Waals surface area contributed by atoms with Gasteiger partial charge in [-0.3, -0.25) is 9.59 Å². The number of amides is 2. The lowest BCUT2D eigenvalue weighted by Crippen LogP contribution is -2.40. The summed E-state index contributed by atoms with van der Waals surface area (Å²) in [6, 6.07) is 29.4. The van der Waals surface area contributed by atoms with Crippen molar-refractivity contribution in [2.45, 2.75) is 18.8 Å². The van der Waals surface area contributed by atoms with Gasteiger partial charge in [0.1, 0.15) is 5.71 Å². The first-order valence-electron chi connectivity index (χ1n) is 10.1. The van der Waals surface area contributed by atoms with E-state index in [4.69, 9.17) is 0 Å². The molecule has 0 fully saturated rings. The van der Waals surface area contributed by atoms with Crippen LogP contribution in [0, 0.1) is 0 Å². The SMILES string of the molecule is O=C(NCC(c1ccccc1)c1ccccc1)C1=NN(c2ccccc2)C(=O)CC1. The number of benzene rings is 3. The maximum Gasteiger partial charge on any atom is 0.267 e. The Morgan fingerprint density at radius 3 is 1.93 bits per heavy atom. The molecular weight excluding hydrogens is 374 g/mol. The van der Waals surface area contributed by atoms with Crippen molar-refractivity contribution in [2.24, 2.45) is 5.10 Å². The molecule has 0 spiro atoms. The summed E-state index contributed by atoms with van der Waals surface area (Å²) in [7, 11) is 0. The van der Waals surface area contributed by atoms with Crippen molar-refractivity contribution in [2.75, 3.05) is 11.6 Å². The Morgan fingerprint density at radius 2 is 1.37 bits per heavy atom. The molecule has 1 heterocycles. The van der Waals surface area contributed by atoms with Gasteiger partial charge in [0, 0.05) is 25.3 Å². The first kappa shape index (κ1) is 19.6. The highest BCUT2D eigenvalue weighted by Gasteiger charge is 2.26. The lowest BCUT2D eigenvalue weighted by Gasteiger charge is -2.24. The van der Waals surface area contributed by atoms with Gasteiger partial charge in [-0.15, -0.1) is 0 Å². The fourth-order valence-electron chi connectivity index (χ4n) is 3.58. The lowest BCUT2D eigenvalue weighted by atomic mass is 9.91. The minimum atomic E-state index is -0.236. The Labute approximate surface area is 176 Å². The third kappa shape index (κ3) is 4.46. The van der Waals surface area contributed by atoms with Crippen LogP contribution in [0.15, 0.2) is 96.1 Å². The van der Waals surface area contributed by atoms with Crippen LogP contribution in [-0.4, -0.2) is 24.1 Å². The highest BCUT2D eigenvalue weighted by molar-refractivity contribution is 6.40. The van der Waals surface area contributed by atoms with Gasteiger partial charge in [0.2, 0.25) is 5.91 Å². The first-order chi connectivity index (χ1) is 14.7. The van der Waals surface area contributed by atoms with E-state index in [1.165, 1.54) is 5.01 Å². The van der Waals surface area contributed by atoms with Crippen LogP contribution < -0.4 is 10.3 Å². The van der Waals surface area contributed by atoms with Crippen LogP contribution in [0.2, 0.25) is 0 Å². The second-order valence-electron chi connectivity index (χ2n) is 7.17. The Kier molecular flexibility index (Phi) is 5.99. The number of hydrogen-bond acceptors (Lipinski definition) is 3. The van der Waals surface area contributed by atoms with Gasteiger partial charge in [-0.1, -0.05) is 78.9 Å². The molecule has 0 saturated carbocycles. The molecule has 150 valence electrons. The van der Waals surface area contributed by atoms with E-state index in [0.717, 1.165) is 11.1 Å². The van der Waals surface area contributed by atoms with E-state index in [1.54, 1.807) is 0 Å². The van der Waals surface area contributed by atoms with Gasteiger partial charge >= 0.3 is 0 Å². The molecule has 5 nitrogen and oxygen atoms in total. The number of hydrogen-bond donors (Lipinski definition) is 1. The number of anilines is 1. The van der Waals surface area contributed by atoms with Crippen molar-refractivity contribution >= 4 is 23.2 Å². The van der Waals surface area contributed by atoms with Gasteiger partial charge in [0.05, 0.1) is 5.69 Å². The Hall–Kier alpha value is -3.73. The van der Waals surface area contributed by atoms with Gasteiger partial charge in [0.15, 0.2) is 0 Å². The van der Waals surface area contributed by atoms with Crippen LogP contribution in [0.4, 0.5) is 5.69 Å². The summed E-state index contributed by atoms with van der Waals surface area (Å²) in [5.41, 5.74) is 3.31. The monoisotopic (exact) mass is 397 g/mol. The largest absolute Gasteiger partial charge is 0.350 e. The summed E-state index contributed by atoms with van der Waals surface area (Å²) in [4.78, 5) is 25.2. The third-order valence-corrected chi connectivity index (χ3v) is 5.17. The quantitative estimate of drug-likeness (QED) is 0.680. The maximum atomic E-state index is 12.9. The van der Waals surface area contributed by atoms with Crippen LogP contribution in [0.5, 0.6) is 0 Å². The summed E-state index contributed by atoms with van der Waals surface area (Å²) < 4.78 is 0. The van der Waals surface area contributed by atoms with Crippen molar-refractivity contribution in [3.05, 3.63) is 102 Å². The summed E-state index contributed by atoms with van der Waals surface area (Å²) >= 11 is 0. The van der Waals surface area contributed by atoms with E-state index in [1.807, 2.05) is 66.7 Å². The minimum absolute atomic E-state index is 0.0346. The van der Waals surface area contributed by atoms with Crippen LogP contribution in [0.1, 0.15) is 29.9 Å². The van der Waals surface area contributed by atoms with E-state index >= 15 is 0 Å². The molecule has 0 saturated heterocycles. The van der Waals surface area contributed by atoms with Crippen molar-refractivity contribution in [3.8, 4) is 0 Å². The Bertz CT molecular complexity index is 994. The van der Waals surface area contributed by atoms with Crippen molar-refractivity contribution in [1.82, 2.24) is 5.32 Å². The topological polar surface area (TPSA) is 61.8 Å². The zero-order valence-electron chi connectivity index (χ0n) is 16.6. The zero-order chi connectivity index (χ0) is 20.8. The highest BCUT2D eigenvalue weighted by atomic mass is 16.2. The average Bonchev–Trinajstić information content (AvgIpc) is 2.81. The summed E-state index contributed by atoms with van der Waals surface area (Å²) in [6.07, 6.45) is 0.608. The molecule has 0 unspecified atom stereocenters. The summed E-state index contributed by atoms with van der Waals surface area (Å²) in [5.74, 6) is -0.308. The summed E-state index contributed by atoms with van der Waals surface area (Å²) in [6.45, 7) is 0.450. The molecule has 4 rings (SSSR count). The molecule has 0 aliphatic carbocycles. The molecule has 0 radical (unpaired) electrons. The molecule has 1 N–H and O–H groups in total. The fraction of sp³-hybridized carbons (Fsp3) is 0.160. The van der Waals surface area contributed by atoms with Gasteiger partial charge in [-0.2, -0.15) is 5.10 Å². The second kappa shape index (κ2) is 9.18. The van der Waals surface area contributed by atoms with E-state index in [2.05, 4.69) is 34.7 Å². The van der Waals surface area contributed by atoms with Crippen LogP contribution in [-0.2, 0) is 9.59 Å². The van der Waals surface area contributed by atoms with Crippen molar-refractivity contribution in [1.29, 1.82) is 0 Å². The van der Waals surface area contributed by atoms with E-state index in [-0.39, 0.29) is 24.2 Å². The van der Waals surface area contributed by atoms with E-state index in [9.17, 15) is 9.59 Å². The maximum absolute atomic E-state index is 12.9. The predicted molar refractivity (Wildman–Crippen MR) is 118 cm³/mol. The molecule has 3 aromatic carbocycles. The third-order valence-electron chi connectivity index (χ3n) is 5.17. The van der Waals surface area contributed by atoms with E-state index < -0.39 is 0 Å². The first-order valence-corrected chi connectivity index (χ1v) is 10.1. The molecule has 30 heavy (non-hydrogen) atoms. The minimum Gasteiger partial charge on any atom is -0.350 e. The molecule has 0 bridgehead atoms. The number of rotatable bonds is 6. The van der Waals surface area contributed by atoms with Crippen LogP contribution in [0.3, 0.4) is 0 Å². The van der Waals surface area contributed by atoms with Gasteiger partial charge < -0.3 is 5.32 Å². The molecule has 0 aromatic heterocycles. The number of hydrazone groups is 1. The number of nitrogens with one attached hydrogen (secondary N) is 1. The van der Waals surface area contributed by atoms with Crippen LogP contribution >= 0.6 is 0 Å². The highest BCUT2D eigenvalue weighted by Crippen LogP contribution is 2.24. The molecular formula is C25H23N3O2. The smallest absolute Gasteiger partial charge is 0.267 e. The Morgan fingerprint density at radius 1 is 0.833 bits per heavy atom. The predicted octanol–water partition coefficient (Wildman–Crippen LogP) is 4.12. The van der Waals surface area contributed by atoms with Gasteiger partial charge in [-0.05, 0) is 23.3 Å². The second-order valence-corrected chi connectivity index (χ2v) is 7.17.